The third-order valence-electron chi connectivity index (χ3n) is 1.73. The highest BCUT2D eigenvalue weighted by atomic mass is 16.5. The van der Waals surface area contributed by atoms with Crippen LogP contribution in [0.1, 0.15) is 18.2 Å². The van der Waals surface area contributed by atoms with E-state index in [1.54, 1.807) is 24.0 Å². The molecular weight excluding hydrogens is 170 g/mol. The van der Waals surface area contributed by atoms with Gasteiger partial charge in [-0.25, -0.2) is 0 Å². The number of esters is 1. The van der Waals surface area contributed by atoms with Gasteiger partial charge in [-0.1, -0.05) is 0 Å². The molecule has 0 spiro atoms. The zero-order valence-electron chi connectivity index (χ0n) is 7.73. The molecule has 0 aliphatic heterocycles. The molecule has 1 aromatic rings. The van der Waals surface area contributed by atoms with Crippen molar-refractivity contribution in [2.45, 2.75) is 12.5 Å². The first-order valence-corrected chi connectivity index (χ1v) is 3.95. The second-order valence-electron chi connectivity index (χ2n) is 2.80. The fourth-order valence-electron chi connectivity index (χ4n) is 0.998. The number of hydrogen-bond donors (Lipinski definition) is 1. The Morgan fingerprint density at radius 3 is 3.00 bits per heavy atom. The minimum absolute atomic E-state index is 0.160. The third kappa shape index (κ3) is 2.55. The van der Waals surface area contributed by atoms with E-state index in [9.17, 15) is 4.79 Å². The summed E-state index contributed by atoms with van der Waals surface area (Å²) in [5.41, 5.74) is 6.41. The monoisotopic (exact) mass is 183 g/mol. The van der Waals surface area contributed by atoms with Gasteiger partial charge in [0, 0.05) is 13.2 Å². The molecule has 0 aromatic carbocycles. The summed E-state index contributed by atoms with van der Waals surface area (Å²) in [4.78, 5) is 10.9. The molecule has 0 fully saturated rings. The van der Waals surface area contributed by atoms with Gasteiger partial charge < -0.3 is 10.5 Å². The van der Waals surface area contributed by atoms with E-state index in [0.717, 1.165) is 0 Å². The molecule has 1 heterocycles. The summed E-state index contributed by atoms with van der Waals surface area (Å²) in [6.07, 6.45) is 1.94. The average molecular weight is 183 g/mol. The molecule has 1 atom stereocenters. The summed E-state index contributed by atoms with van der Waals surface area (Å²) in [5, 5.41) is 4.08. The number of carbonyl (C=O) groups excluding carboxylic acids is 1. The Balaban J connectivity index is 2.58. The van der Waals surface area contributed by atoms with E-state index in [4.69, 9.17) is 5.73 Å². The smallest absolute Gasteiger partial charge is 0.307 e. The predicted molar refractivity (Wildman–Crippen MR) is 46.8 cm³/mol. The molecule has 5 nitrogen and oxygen atoms in total. The number of methoxy groups -OCH3 is 1. The average Bonchev–Trinajstić information content (AvgIpc) is 2.51. The van der Waals surface area contributed by atoms with Crippen molar-refractivity contribution < 1.29 is 9.53 Å². The first-order valence-electron chi connectivity index (χ1n) is 3.95. The van der Waals surface area contributed by atoms with Crippen molar-refractivity contribution in [1.82, 2.24) is 9.78 Å². The van der Waals surface area contributed by atoms with E-state index in [1.165, 1.54) is 7.11 Å². The SMILES string of the molecule is COC(=O)C[C@@H](N)c1ccn(C)n1. The van der Waals surface area contributed by atoms with Crippen molar-refractivity contribution in [3.8, 4) is 0 Å². The minimum atomic E-state index is -0.381. The van der Waals surface area contributed by atoms with Crippen molar-refractivity contribution >= 4 is 5.97 Å². The molecule has 0 aliphatic carbocycles. The van der Waals surface area contributed by atoms with Gasteiger partial charge in [-0.3, -0.25) is 9.48 Å². The summed E-state index contributed by atoms with van der Waals surface area (Å²) in [7, 11) is 3.14. The van der Waals surface area contributed by atoms with Crippen molar-refractivity contribution in [1.29, 1.82) is 0 Å². The summed E-state index contributed by atoms with van der Waals surface area (Å²) in [5.74, 6) is -0.321. The van der Waals surface area contributed by atoms with Crippen LogP contribution >= 0.6 is 0 Å². The van der Waals surface area contributed by atoms with Gasteiger partial charge in [0.1, 0.15) is 0 Å². The van der Waals surface area contributed by atoms with Crippen molar-refractivity contribution in [3.63, 3.8) is 0 Å². The maximum atomic E-state index is 10.9. The Labute approximate surface area is 76.5 Å². The van der Waals surface area contributed by atoms with Crippen LogP contribution < -0.4 is 5.73 Å². The van der Waals surface area contributed by atoms with Crippen LogP contribution in [0.2, 0.25) is 0 Å². The van der Waals surface area contributed by atoms with Gasteiger partial charge in [0.15, 0.2) is 0 Å². The van der Waals surface area contributed by atoms with E-state index in [2.05, 4.69) is 9.84 Å². The Morgan fingerprint density at radius 2 is 2.54 bits per heavy atom. The van der Waals surface area contributed by atoms with E-state index in [-0.39, 0.29) is 18.4 Å². The number of carbonyl (C=O) groups is 1. The highest BCUT2D eigenvalue weighted by Gasteiger charge is 2.13. The zero-order valence-corrected chi connectivity index (χ0v) is 7.73. The summed E-state index contributed by atoms with van der Waals surface area (Å²) in [6, 6.07) is 1.40. The number of rotatable bonds is 3. The number of hydrogen-bond acceptors (Lipinski definition) is 4. The number of aromatic nitrogens is 2. The Kier molecular flexibility index (Phi) is 3.02. The quantitative estimate of drug-likeness (QED) is 0.669. The molecule has 0 amide bonds. The van der Waals surface area contributed by atoms with Crippen LogP contribution in [0.3, 0.4) is 0 Å². The summed E-state index contributed by atoms with van der Waals surface area (Å²) in [6.45, 7) is 0. The third-order valence-corrected chi connectivity index (χ3v) is 1.73. The van der Waals surface area contributed by atoms with Crippen LogP contribution in [0.4, 0.5) is 0 Å². The second kappa shape index (κ2) is 4.04. The zero-order chi connectivity index (χ0) is 9.84. The molecule has 0 radical (unpaired) electrons. The molecule has 1 aromatic heterocycles. The number of nitrogens with zero attached hydrogens (tertiary/aromatic N) is 2. The first-order chi connectivity index (χ1) is 6.13. The van der Waals surface area contributed by atoms with Gasteiger partial charge in [0.05, 0.1) is 25.3 Å². The minimum Gasteiger partial charge on any atom is -0.469 e. The Bertz CT molecular complexity index is 295. The van der Waals surface area contributed by atoms with E-state index in [1.807, 2.05) is 0 Å². The first kappa shape index (κ1) is 9.73. The number of ether oxygens (including phenoxy) is 1. The van der Waals surface area contributed by atoms with Gasteiger partial charge >= 0.3 is 5.97 Å². The molecule has 0 aliphatic rings. The maximum Gasteiger partial charge on any atom is 0.307 e. The normalized spacial score (nSPS) is 12.5. The Morgan fingerprint density at radius 1 is 1.85 bits per heavy atom. The molecular formula is C8H13N3O2. The lowest BCUT2D eigenvalue weighted by atomic mass is 10.1. The fraction of sp³-hybridized carbons (Fsp3) is 0.500. The molecule has 2 N–H and O–H groups in total. The highest BCUT2D eigenvalue weighted by Crippen LogP contribution is 2.10. The lowest BCUT2D eigenvalue weighted by Gasteiger charge is -2.05. The predicted octanol–water partition coefficient (Wildman–Crippen LogP) is -0.0170. The largest absolute Gasteiger partial charge is 0.469 e. The van der Waals surface area contributed by atoms with Crippen LogP contribution in [-0.2, 0) is 16.6 Å². The Hall–Kier alpha value is -1.36. The molecule has 13 heavy (non-hydrogen) atoms. The van der Waals surface area contributed by atoms with Gasteiger partial charge in [-0.05, 0) is 6.07 Å². The van der Waals surface area contributed by atoms with E-state index >= 15 is 0 Å². The van der Waals surface area contributed by atoms with Crippen LogP contribution in [0.15, 0.2) is 12.3 Å². The van der Waals surface area contributed by atoms with Gasteiger partial charge in [0.2, 0.25) is 0 Å². The highest BCUT2D eigenvalue weighted by molar-refractivity contribution is 5.70. The number of nitrogens with two attached hydrogens (primary N) is 1. The van der Waals surface area contributed by atoms with Gasteiger partial charge in [-0.15, -0.1) is 0 Å². The van der Waals surface area contributed by atoms with Gasteiger partial charge in [-0.2, -0.15) is 5.10 Å². The lowest BCUT2D eigenvalue weighted by Crippen LogP contribution is -2.17. The standard InChI is InChI=1S/C8H13N3O2/c1-11-4-3-7(10-11)6(9)5-8(12)13-2/h3-4,6H,5,9H2,1-2H3/t6-/m1/s1. The summed E-state index contributed by atoms with van der Waals surface area (Å²) < 4.78 is 6.14. The molecule has 0 saturated heterocycles. The molecule has 5 heteroatoms. The van der Waals surface area contributed by atoms with Crippen LogP contribution in [-0.4, -0.2) is 22.9 Å². The molecule has 0 unspecified atom stereocenters. The lowest BCUT2D eigenvalue weighted by molar-refractivity contribution is -0.141. The topological polar surface area (TPSA) is 70.1 Å². The van der Waals surface area contributed by atoms with Crippen LogP contribution in [0, 0.1) is 0 Å². The van der Waals surface area contributed by atoms with Gasteiger partial charge in [0.25, 0.3) is 0 Å². The number of aryl methyl sites for hydroxylation is 1. The summed E-state index contributed by atoms with van der Waals surface area (Å²) >= 11 is 0. The molecule has 0 saturated carbocycles. The van der Waals surface area contributed by atoms with Crippen molar-refractivity contribution in [3.05, 3.63) is 18.0 Å². The van der Waals surface area contributed by atoms with E-state index < -0.39 is 0 Å². The molecule has 0 bridgehead atoms. The second-order valence-corrected chi connectivity index (χ2v) is 2.80. The van der Waals surface area contributed by atoms with Crippen LogP contribution in [0.25, 0.3) is 0 Å². The van der Waals surface area contributed by atoms with Crippen molar-refractivity contribution in [2.75, 3.05) is 7.11 Å². The molecule has 1 rings (SSSR count). The van der Waals surface area contributed by atoms with Crippen LogP contribution in [0.5, 0.6) is 0 Å². The molecule has 72 valence electrons. The van der Waals surface area contributed by atoms with Crippen molar-refractivity contribution in [2.24, 2.45) is 12.8 Å². The van der Waals surface area contributed by atoms with E-state index in [0.29, 0.717) is 5.69 Å². The maximum absolute atomic E-state index is 10.9. The fourth-order valence-corrected chi connectivity index (χ4v) is 0.998.